The van der Waals surface area contributed by atoms with Crippen molar-refractivity contribution in [1.29, 1.82) is 0 Å². The average Bonchev–Trinajstić information content (AvgIpc) is 3.06. The highest BCUT2D eigenvalue weighted by Crippen LogP contribution is 2.39. The highest BCUT2D eigenvalue weighted by atomic mass is 16.5. The number of aromatic nitrogens is 3. The summed E-state index contributed by atoms with van der Waals surface area (Å²) in [4.78, 5) is 34.7. The largest absolute Gasteiger partial charge is 0.460 e. The standard InChI is InChI=1S/C24H19N3O4/c1-2-24(30)10-21(28)31-12-16-17(24)9-20-22-15(11-27(20)23(16)29)6-14-8-18-13(4-3-5-25-18)7-19(14)26-22/h3-9,30H,2,10-12H2,1H3. The van der Waals surface area contributed by atoms with E-state index < -0.39 is 11.6 Å². The van der Waals surface area contributed by atoms with E-state index >= 15 is 0 Å². The second-order valence-electron chi connectivity index (χ2n) is 8.27. The zero-order valence-corrected chi connectivity index (χ0v) is 16.9. The third-order valence-electron chi connectivity index (χ3n) is 6.49. The van der Waals surface area contributed by atoms with E-state index in [0.29, 0.717) is 29.8 Å². The fourth-order valence-corrected chi connectivity index (χ4v) is 4.75. The van der Waals surface area contributed by atoms with E-state index in [4.69, 9.17) is 9.72 Å². The first-order chi connectivity index (χ1) is 15.0. The van der Waals surface area contributed by atoms with E-state index in [0.717, 1.165) is 33.1 Å². The number of hydrogen-bond donors (Lipinski definition) is 1. The molecule has 1 unspecified atom stereocenters. The van der Waals surface area contributed by atoms with E-state index in [9.17, 15) is 14.7 Å². The predicted molar refractivity (Wildman–Crippen MR) is 114 cm³/mol. The highest BCUT2D eigenvalue weighted by molar-refractivity contribution is 5.96. The maximum Gasteiger partial charge on any atom is 0.309 e. The van der Waals surface area contributed by atoms with Crippen LogP contribution in [0.4, 0.5) is 0 Å². The number of esters is 1. The number of hydrogen-bond acceptors (Lipinski definition) is 6. The molecule has 2 aliphatic heterocycles. The van der Waals surface area contributed by atoms with Gasteiger partial charge in [-0.1, -0.05) is 13.0 Å². The lowest BCUT2D eigenvalue weighted by Crippen LogP contribution is -2.32. The van der Waals surface area contributed by atoms with E-state index in [2.05, 4.69) is 11.1 Å². The van der Waals surface area contributed by atoms with Crippen molar-refractivity contribution in [3.8, 4) is 11.4 Å². The normalized spacial score (nSPS) is 19.6. The van der Waals surface area contributed by atoms with Gasteiger partial charge in [0.1, 0.15) is 12.2 Å². The number of ether oxygens (including phenoxy) is 1. The van der Waals surface area contributed by atoms with Crippen LogP contribution in [0.1, 0.15) is 36.5 Å². The van der Waals surface area contributed by atoms with Gasteiger partial charge in [-0.2, -0.15) is 0 Å². The Morgan fingerprint density at radius 1 is 1.16 bits per heavy atom. The Bertz CT molecular complexity index is 1490. The fourth-order valence-electron chi connectivity index (χ4n) is 4.75. The van der Waals surface area contributed by atoms with E-state index in [1.807, 2.05) is 30.3 Å². The van der Waals surface area contributed by atoms with Crippen molar-refractivity contribution in [3.63, 3.8) is 0 Å². The maximum absolute atomic E-state index is 13.3. The number of carbonyl (C=O) groups excluding carboxylic acids is 1. The van der Waals surface area contributed by atoms with Crippen molar-refractivity contribution in [2.75, 3.05) is 0 Å². The third kappa shape index (κ3) is 2.56. The van der Waals surface area contributed by atoms with Crippen LogP contribution in [0.15, 0.2) is 47.4 Å². The number of cyclic esters (lactones) is 1. The molecule has 6 rings (SSSR count). The molecule has 5 heterocycles. The van der Waals surface area contributed by atoms with Crippen LogP contribution in [-0.4, -0.2) is 25.6 Å². The first kappa shape index (κ1) is 18.2. The Kier molecular flexibility index (Phi) is 3.65. The zero-order valence-electron chi connectivity index (χ0n) is 16.9. The topological polar surface area (TPSA) is 94.3 Å². The molecule has 3 aromatic heterocycles. The molecule has 31 heavy (non-hydrogen) atoms. The molecule has 0 radical (unpaired) electrons. The molecule has 7 heteroatoms. The van der Waals surface area contributed by atoms with Crippen molar-refractivity contribution in [2.45, 2.75) is 38.5 Å². The molecule has 0 amide bonds. The lowest BCUT2D eigenvalue weighted by Gasteiger charge is -2.26. The Balaban J connectivity index is 1.61. The maximum atomic E-state index is 13.3. The second kappa shape index (κ2) is 6.21. The Morgan fingerprint density at radius 3 is 2.84 bits per heavy atom. The van der Waals surface area contributed by atoms with Crippen LogP contribution in [0.5, 0.6) is 0 Å². The molecule has 1 N–H and O–H groups in total. The first-order valence-electron chi connectivity index (χ1n) is 10.3. The number of rotatable bonds is 1. The molecule has 0 aliphatic carbocycles. The van der Waals surface area contributed by atoms with Gasteiger partial charge in [0, 0.05) is 22.5 Å². The second-order valence-corrected chi connectivity index (χ2v) is 8.27. The van der Waals surface area contributed by atoms with Crippen LogP contribution in [0.25, 0.3) is 33.2 Å². The number of nitrogens with zero attached hydrogens (tertiary/aromatic N) is 3. The van der Waals surface area contributed by atoms with E-state index in [-0.39, 0.29) is 18.6 Å². The van der Waals surface area contributed by atoms with Crippen LogP contribution in [-0.2, 0) is 28.3 Å². The number of benzene rings is 1. The van der Waals surface area contributed by atoms with Crippen molar-refractivity contribution >= 4 is 27.8 Å². The monoisotopic (exact) mass is 413 g/mol. The smallest absolute Gasteiger partial charge is 0.309 e. The first-order valence-corrected chi connectivity index (χ1v) is 10.3. The van der Waals surface area contributed by atoms with E-state index in [1.165, 1.54) is 0 Å². The minimum Gasteiger partial charge on any atom is -0.460 e. The van der Waals surface area contributed by atoms with Gasteiger partial charge in [-0.15, -0.1) is 0 Å². The molecule has 0 saturated carbocycles. The van der Waals surface area contributed by atoms with Gasteiger partial charge >= 0.3 is 5.97 Å². The summed E-state index contributed by atoms with van der Waals surface area (Å²) >= 11 is 0. The molecule has 154 valence electrons. The van der Waals surface area contributed by atoms with E-state index in [1.54, 1.807) is 17.7 Å². The Morgan fingerprint density at radius 2 is 2.00 bits per heavy atom. The van der Waals surface area contributed by atoms with Gasteiger partial charge in [0.25, 0.3) is 5.56 Å². The van der Waals surface area contributed by atoms with Gasteiger partial charge in [-0.05, 0) is 42.3 Å². The van der Waals surface area contributed by atoms with Crippen LogP contribution in [0, 0.1) is 0 Å². The number of pyridine rings is 3. The predicted octanol–water partition coefficient (Wildman–Crippen LogP) is 3.02. The summed E-state index contributed by atoms with van der Waals surface area (Å²) in [7, 11) is 0. The summed E-state index contributed by atoms with van der Waals surface area (Å²) in [5.41, 5.74) is 3.17. The van der Waals surface area contributed by atoms with Crippen LogP contribution in [0.2, 0.25) is 0 Å². The number of aliphatic hydroxyl groups is 1. The van der Waals surface area contributed by atoms with Crippen molar-refractivity contribution in [3.05, 3.63) is 69.6 Å². The lowest BCUT2D eigenvalue weighted by atomic mass is 9.85. The summed E-state index contributed by atoms with van der Waals surface area (Å²) in [5.74, 6) is -0.505. The number of carbonyl (C=O) groups is 1. The molecule has 4 aromatic rings. The summed E-state index contributed by atoms with van der Waals surface area (Å²) < 4.78 is 6.87. The van der Waals surface area contributed by atoms with Crippen molar-refractivity contribution < 1.29 is 14.6 Å². The summed E-state index contributed by atoms with van der Waals surface area (Å²) in [6, 6.07) is 11.8. The van der Waals surface area contributed by atoms with Gasteiger partial charge in [0.2, 0.25) is 0 Å². The minimum absolute atomic E-state index is 0.127. The Hall–Kier alpha value is -3.58. The summed E-state index contributed by atoms with van der Waals surface area (Å²) in [6.45, 7) is 2.06. The molecule has 0 fully saturated rings. The van der Waals surface area contributed by atoms with Crippen LogP contribution in [0.3, 0.4) is 0 Å². The highest BCUT2D eigenvalue weighted by Gasteiger charge is 2.39. The molecule has 0 bridgehead atoms. The molecule has 1 aromatic carbocycles. The van der Waals surface area contributed by atoms with Gasteiger partial charge in [-0.25, -0.2) is 4.98 Å². The molecule has 0 spiro atoms. The van der Waals surface area contributed by atoms with Gasteiger partial charge in [0.05, 0.1) is 41.0 Å². The van der Waals surface area contributed by atoms with Crippen molar-refractivity contribution in [2.24, 2.45) is 0 Å². The SMILES string of the molecule is CCC1(O)CC(=O)OCc2c1cc1n(c2=O)Cc2cc3cc4ncccc4cc3nc2-1. The van der Waals surface area contributed by atoms with Gasteiger partial charge < -0.3 is 14.4 Å². The summed E-state index contributed by atoms with van der Waals surface area (Å²) in [5, 5.41) is 13.2. The Labute approximate surface area is 176 Å². The quantitative estimate of drug-likeness (QED) is 0.335. The molecular weight excluding hydrogens is 394 g/mol. The molecular formula is C24H19N3O4. The van der Waals surface area contributed by atoms with Crippen molar-refractivity contribution in [1.82, 2.24) is 14.5 Å². The molecule has 1 atom stereocenters. The molecule has 7 nitrogen and oxygen atoms in total. The molecule has 2 aliphatic rings. The van der Waals surface area contributed by atoms with Gasteiger partial charge in [0.15, 0.2) is 0 Å². The average molecular weight is 413 g/mol. The summed E-state index contributed by atoms with van der Waals surface area (Å²) in [6.07, 6.45) is 1.89. The third-order valence-corrected chi connectivity index (χ3v) is 6.49. The zero-order chi connectivity index (χ0) is 21.3. The van der Waals surface area contributed by atoms with Crippen LogP contribution < -0.4 is 5.56 Å². The van der Waals surface area contributed by atoms with Gasteiger partial charge in [-0.3, -0.25) is 14.6 Å². The fraction of sp³-hybridized carbons (Fsp3) is 0.250. The lowest BCUT2D eigenvalue weighted by molar-refractivity contribution is -0.149. The molecule has 0 saturated heterocycles. The number of fused-ring (bicyclic) bond motifs is 6. The minimum atomic E-state index is -1.43. The van der Waals surface area contributed by atoms with Crippen LogP contribution >= 0.6 is 0 Å².